The Balaban J connectivity index is 1.76. The zero-order valence-corrected chi connectivity index (χ0v) is 15.0. The molecule has 0 unspecified atom stereocenters. The fourth-order valence-corrected chi connectivity index (χ4v) is 2.93. The Morgan fingerprint density at radius 2 is 1.52 bits per heavy atom. The molecule has 0 fully saturated rings. The fourth-order valence-electron chi connectivity index (χ4n) is 2.93. The lowest BCUT2D eigenvalue weighted by molar-refractivity contribution is 0.170. The van der Waals surface area contributed by atoms with Crippen molar-refractivity contribution in [2.45, 2.75) is 13.0 Å². The van der Waals surface area contributed by atoms with Crippen molar-refractivity contribution in [3.05, 3.63) is 83.4 Å². The summed E-state index contributed by atoms with van der Waals surface area (Å²) in [6.07, 6.45) is -0.842. The molecule has 0 amide bonds. The third kappa shape index (κ3) is 3.83. The van der Waals surface area contributed by atoms with Gasteiger partial charge in [-0.15, -0.1) is 0 Å². The number of benzene rings is 3. The van der Waals surface area contributed by atoms with Gasteiger partial charge in [0.05, 0.1) is 11.4 Å². The second-order valence-corrected chi connectivity index (χ2v) is 6.40. The summed E-state index contributed by atoms with van der Waals surface area (Å²) in [6.45, 7) is 2.99. The number of fused-ring (bicyclic) bond motifs is 1. The van der Waals surface area contributed by atoms with Gasteiger partial charge in [-0.1, -0.05) is 48.0 Å². The predicted octanol–water partition coefficient (Wildman–Crippen LogP) is 5.26. The first-order chi connectivity index (χ1) is 13.2. The molecule has 1 atom stereocenters. The number of aliphatic hydroxyl groups excluding tert-OH is 1. The van der Waals surface area contributed by atoms with Gasteiger partial charge in [-0.05, 0) is 30.7 Å². The van der Waals surface area contributed by atoms with E-state index >= 15 is 0 Å². The lowest BCUT2D eigenvalue weighted by Crippen LogP contribution is -2.15. The first-order valence-electron chi connectivity index (χ1n) is 8.86. The van der Waals surface area contributed by atoms with Gasteiger partial charge in [-0.3, -0.25) is 0 Å². The summed E-state index contributed by atoms with van der Waals surface area (Å²) in [6, 6.07) is 20.8. The molecule has 0 bridgehead atoms. The molecular weight excluding hydrogens is 340 g/mol. The molecule has 1 heterocycles. The lowest BCUT2D eigenvalue weighted by atomic mass is 9.98. The average molecular weight is 360 g/mol. The maximum Gasteiger partial charge on any atom is 0.163 e. The molecule has 0 saturated carbocycles. The number of rotatable bonds is 4. The minimum atomic E-state index is -0.842. The van der Waals surface area contributed by atoms with Crippen LogP contribution in [0.4, 0.5) is 11.4 Å². The Morgan fingerprint density at radius 3 is 2.22 bits per heavy atom. The SMILES string of the molecule is Cc1ccc([C@@H](O)c2cc3c(cc2N=Nc2ccccc2)OCCO3)cc1. The summed E-state index contributed by atoms with van der Waals surface area (Å²) in [4.78, 5) is 0. The maximum atomic E-state index is 11.0. The molecule has 27 heavy (non-hydrogen) atoms. The average Bonchev–Trinajstić information content (AvgIpc) is 2.72. The molecular formula is C22H20N2O3. The van der Waals surface area contributed by atoms with Gasteiger partial charge in [-0.25, -0.2) is 0 Å². The summed E-state index contributed by atoms with van der Waals surface area (Å²) in [7, 11) is 0. The van der Waals surface area contributed by atoms with Crippen molar-refractivity contribution in [2.75, 3.05) is 13.2 Å². The van der Waals surface area contributed by atoms with Crippen LogP contribution in [0.3, 0.4) is 0 Å². The Morgan fingerprint density at radius 1 is 0.852 bits per heavy atom. The highest BCUT2D eigenvalue weighted by Gasteiger charge is 2.21. The van der Waals surface area contributed by atoms with Crippen LogP contribution in [0, 0.1) is 6.92 Å². The Labute approximate surface area is 157 Å². The smallest absolute Gasteiger partial charge is 0.163 e. The first-order valence-corrected chi connectivity index (χ1v) is 8.86. The highest BCUT2D eigenvalue weighted by atomic mass is 16.6. The van der Waals surface area contributed by atoms with E-state index in [4.69, 9.17) is 9.47 Å². The molecule has 3 aromatic carbocycles. The number of hydrogen-bond acceptors (Lipinski definition) is 5. The summed E-state index contributed by atoms with van der Waals surface area (Å²) in [5, 5.41) is 19.6. The van der Waals surface area contributed by atoms with Crippen LogP contribution in [0.25, 0.3) is 0 Å². The number of aryl methyl sites for hydroxylation is 1. The summed E-state index contributed by atoms with van der Waals surface area (Å²) < 4.78 is 11.3. The van der Waals surface area contributed by atoms with Gasteiger partial charge < -0.3 is 14.6 Å². The van der Waals surface area contributed by atoms with E-state index in [1.807, 2.05) is 61.5 Å². The molecule has 4 rings (SSSR count). The topological polar surface area (TPSA) is 63.4 Å². The number of azo groups is 1. The van der Waals surface area contributed by atoms with Crippen LogP contribution in [0.2, 0.25) is 0 Å². The lowest BCUT2D eigenvalue weighted by Gasteiger charge is -2.21. The number of aliphatic hydroxyl groups is 1. The molecule has 0 saturated heterocycles. The quantitative estimate of drug-likeness (QED) is 0.645. The van der Waals surface area contributed by atoms with Gasteiger partial charge in [0.15, 0.2) is 11.5 Å². The summed E-state index contributed by atoms with van der Waals surface area (Å²) in [5.74, 6) is 1.23. The molecule has 3 aromatic rings. The van der Waals surface area contributed by atoms with Crippen molar-refractivity contribution >= 4 is 11.4 Å². The van der Waals surface area contributed by atoms with E-state index in [0.29, 0.717) is 36.0 Å². The number of hydrogen-bond donors (Lipinski definition) is 1. The van der Waals surface area contributed by atoms with Crippen molar-refractivity contribution in [3.63, 3.8) is 0 Å². The molecule has 5 heteroatoms. The van der Waals surface area contributed by atoms with E-state index in [-0.39, 0.29) is 0 Å². The Bertz CT molecular complexity index is 953. The van der Waals surface area contributed by atoms with Crippen LogP contribution in [-0.4, -0.2) is 18.3 Å². The van der Waals surface area contributed by atoms with E-state index in [9.17, 15) is 5.11 Å². The fraction of sp³-hybridized carbons (Fsp3) is 0.182. The van der Waals surface area contributed by atoms with Gasteiger partial charge in [0.25, 0.3) is 0 Å². The zero-order valence-electron chi connectivity index (χ0n) is 15.0. The normalized spacial score (nSPS) is 14.3. The molecule has 1 aliphatic heterocycles. The molecule has 0 spiro atoms. The first kappa shape index (κ1) is 17.2. The van der Waals surface area contributed by atoms with E-state index in [0.717, 1.165) is 16.8 Å². The molecule has 1 N–H and O–H groups in total. The molecule has 1 aliphatic rings. The summed E-state index contributed by atoms with van der Waals surface area (Å²) >= 11 is 0. The predicted molar refractivity (Wildman–Crippen MR) is 103 cm³/mol. The Hall–Kier alpha value is -3.18. The van der Waals surface area contributed by atoms with Crippen molar-refractivity contribution in [1.29, 1.82) is 0 Å². The molecule has 0 aromatic heterocycles. The maximum absolute atomic E-state index is 11.0. The van der Waals surface area contributed by atoms with Crippen LogP contribution < -0.4 is 9.47 Å². The monoisotopic (exact) mass is 360 g/mol. The minimum absolute atomic E-state index is 0.484. The standard InChI is InChI=1S/C22H20N2O3/c1-15-7-9-16(10-8-15)22(25)18-13-20-21(27-12-11-26-20)14-19(18)24-23-17-5-3-2-4-6-17/h2-10,13-14,22,25H,11-12H2,1H3/t22-/m1/s1. The van der Waals surface area contributed by atoms with Crippen molar-refractivity contribution in [2.24, 2.45) is 10.2 Å². The second kappa shape index (κ2) is 7.60. The zero-order chi connectivity index (χ0) is 18.6. The van der Waals surface area contributed by atoms with Crippen LogP contribution >= 0.6 is 0 Å². The van der Waals surface area contributed by atoms with Crippen LogP contribution in [0.15, 0.2) is 77.0 Å². The molecule has 0 radical (unpaired) electrons. The van der Waals surface area contributed by atoms with Gasteiger partial charge in [-0.2, -0.15) is 10.2 Å². The van der Waals surface area contributed by atoms with Crippen molar-refractivity contribution in [1.82, 2.24) is 0 Å². The van der Waals surface area contributed by atoms with Crippen LogP contribution in [0.1, 0.15) is 22.8 Å². The van der Waals surface area contributed by atoms with Gasteiger partial charge in [0, 0.05) is 11.6 Å². The molecule has 5 nitrogen and oxygen atoms in total. The molecule has 136 valence electrons. The summed E-state index contributed by atoms with van der Waals surface area (Å²) in [5.41, 5.74) is 3.84. The third-order valence-electron chi connectivity index (χ3n) is 4.41. The third-order valence-corrected chi connectivity index (χ3v) is 4.41. The highest BCUT2D eigenvalue weighted by molar-refractivity contribution is 5.60. The van der Waals surface area contributed by atoms with Gasteiger partial charge in [0.2, 0.25) is 0 Å². The molecule has 0 aliphatic carbocycles. The number of nitrogens with zero attached hydrogens (tertiary/aromatic N) is 2. The largest absolute Gasteiger partial charge is 0.486 e. The highest BCUT2D eigenvalue weighted by Crippen LogP contribution is 2.41. The van der Waals surface area contributed by atoms with Crippen LogP contribution in [0.5, 0.6) is 11.5 Å². The van der Waals surface area contributed by atoms with Gasteiger partial charge >= 0.3 is 0 Å². The van der Waals surface area contributed by atoms with E-state index in [1.54, 1.807) is 12.1 Å². The van der Waals surface area contributed by atoms with E-state index in [2.05, 4.69) is 10.2 Å². The van der Waals surface area contributed by atoms with Crippen LogP contribution in [-0.2, 0) is 0 Å². The Kier molecular flexibility index (Phi) is 4.85. The van der Waals surface area contributed by atoms with Crippen molar-refractivity contribution in [3.8, 4) is 11.5 Å². The second-order valence-electron chi connectivity index (χ2n) is 6.40. The minimum Gasteiger partial charge on any atom is -0.486 e. The van der Waals surface area contributed by atoms with E-state index < -0.39 is 6.10 Å². The van der Waals surface area contributed by atoms with E-state index in [1.165, 1.54) is 0 Å². The number of ether oxygens (including phenoxy) is 2. The van der Waals surface area contributed by atoms with Gasteiger partial charge in [0.1, 0.15) is 19.3 Å². The van der Waals surface area contributed by atoms with Crippen molar-refractivity contribution < 1.29 is 14.6 Å².